The maximum atomic E-state index is 11.9. The Labute approximate surface area is 151 Å². The van der Waals surface area contributed by atoms with Crippen molar-refractivity contribution in [1.29, 1.82) is 0 Å². The molecule has 0 radical (unpaired) electrons. The van der Waals surface area contributed by atoms with Gasteiger partial charge in [0, 0.05) is 22.2 Å². The molecule has 0 saturated carbocycles. The number of nitrogens with two attached hydrogens (primary N) is 1. The minimum atomic E-state index is -0.914. The van der Waals surface area contributed by atoms with Gasteiger partial charge in [-0.05, 0) is 31.2 Å². The fourth-order valence-corrected chi connectivity index (χ4v) is 2.03. The molecule has 0 amide bonds. The SMILES string of the molecule is C[C@@H](Oc1ccc(Br)cc1)C(=O)O/N=C(/N)c1cccc([N+](=O)[O-])c1. The van der Waals surface area contributed by atoms with Crippen LogP contribution in [0.4, 0.5) is 5.69 Å². The van der Waals surface area contributed by atoms with Gasteiger partial charge in [-0.25, -0.2) is 4.79 Å². The molecule has 0 aromatic heterocycles. The zero-order valence-corrected chi connectivity index (χ0v) is 14.7. The number of nitrogens with zero attached hydrogens (tertiary/aromatic N) is 2. The first-order valence-corrected chi connectivity index (χ1v) is 7.87. The first-order valence-electron chi connectivity index (χ1n) is 7.08. The number of amidine groups is 1. The van der Waals surface area contributed by atoms with Gasteiger partial charge >= 0.3 is 5.97 Å². The molecular formula is C16H14BrN3O5. The van der Waals surface area contributed by atoms with E-state index in [1.807, 2.05) is 0 Å². The number of hydrogen-bond acceptors (Lipinski definition) is 6. The van der Waals surface area contributed by atoms with Crippen LogP contribution in [-0.4, -0.2) is 22.8 Å². The van der Waals surface area contributed by atoms with Crippen LogP contribution < -0.4 is 10.5 Å². The predicted molar refractivity (Wildman–Crippen MR) is 94.1 cm³/mol. The molecule has 0 heterocycles. The molecule has 2 aromatic carbocycles. The molecule has 1 atom stereocenters. The number of oxime groups is 1. The van der Waals surface area contributed by atoms with E-state index in [1.165, 1.54) is 31.2 Å². The van der Waals surface area contributed by atoms with Crippen LogP contribution in [0.2, 0.25) is 0 Å². The zero-order chi connectivity index (χ0) is 18.4. The molecule has 0 aliphatic rings. The van der Waals surface area contributed by atoms with E-state index in [-0.39, 0.29) is 17.1 Å². The second-order valence-electron chi connectivity index (χ2n) is 4.91. The third-order valence-corrected chi connectivity index (χ3v) is 3.57. The highest BCUT2D eigenvalue weighted by molar-refractivity contribution is 9.10. The van der Waals surface area contributed by atoms with Crippen molar-refractivity contribution in [3.05, 3.63) is 68.7 Å². The van der Waals surface area contributed by atoms with Crippen LogP contribution in [0.5, 0.6) is 5.75 Å². The van der Waals surface area contributed by atoms with E-state index in [2.05, 4.69) is 21.1 Å². The Morgan fingerprint density at radius 2 is 1.96 bits per heavy atom. The molecule has 25 heavy (non-hydrogen) atoms. The molecule has 0 aliphatic heterocycles. The van der Waals surface area contributed by atoms with Crippen molar-refractivity contribution in [3.8, 4) is 5.75 Å². The quantitative estimate of drug-likeness (QED) is 0.258. The molecule has 0 fully saturated rings. The largest absolute Gasteiger partial charge is 0.479 e. The number of ether oxygens (including phenoxy) is 1. The highest BCUT2D eigenvalue weighted by Gasteiger charge is 2.17. The van der Waals surface area contributed by atoms with Crippen LogP contribution in [0.25, 0.3) is 0 Å². The summed E-state index contributed by atoms with van der Waals surface area (Å²) < 4.78 is 6.30. The maximum Gasteiger partial charge on any atom is 0.374 e. The van der Waals surface area contributed by atoms with Gasteiger partial charge in [0.2, 0.25) is 0 Å². The number of carbonyl (C=O) groups excluding carboxylic acids is 1. The number of nitro groups is 1. The van der Waals surface area contributed by atoms with Gasteiger partial charge < -0.3 is 15.3 Å². The number of nitro benzene ring substituents is 1. The number of benzene rings is 2. The molecule has 0 bridgehead atoms. The lowest BCUT2D eigenvalue weighted by molar-refractivity contribution is -0.384. The van der Waals surface area contributed by atoms with Crippen molar-refractivity contribution < 1.29 is 19.3 Å². The van der Waals surface area contributed by atoms with Crippen molar-refractivity contribution in [2.45, 2.75) is 13.0 Å². The molecule has 0 saturated heterocycles. The Kier molecular flexibility index (Phi) is 6.07. The summed E-state index contributed by atoms with van der Waals surface area (Å²) in [6, 6.07) is 12.4. The van der Waals surface area contributed by atoms with Crippen LogP contribution in [0, 0.1) is 10.1 Å². The van der Waals surface area contributed by atoms with Crippen molar-refractivity contribution >= 4 is 33.4 Å². The smallest absolute Gasteiger partial charge is 0.374 e. The van der Waals surface area contributed by atoms with E-state index in [1.54, 1.807) is 24.3 Å². The number of rotatable bonds is 6. The van der Waals surface area contributed by atoms with Crippen molar-refractivity contribution in [1.82, 2.24) is 0 Å². The number of hydrogen-bond donors (Lipinski definition) is 1. The highest BCUT2D eigenvalue weighted by atomic mass is 79.9. The van der Waals surface area contributed by atoms with E-state index in [9.17, 15) is 14.9 Å². The van der Waals surface area contributed by atoms with Crippen LogP contribution >= 0.6 is 15.9 Å². The maximum absolute atomic E-state index is 11.9. The number of carbonyl (C=O) groups is 1. The van der Waals surface area contributed by atoms with E-state index < -0.39 is 17.0 Å². The molecule has 0 aliphatic carbocycles. The first kappa shape index (κ1) is 18.4. The zero-order valence-electron chi connectivity index (χ0n) is 13.1. The van der Waals surface area contributed by atoms with Gasteiger partial charge in [0.05, 0.1) is 4.92 Å². The Morgan fingerprint density at radius 3 is 2.60 bits per heavy atom. The van der Waals surface area contributed by atoms with Crippen LogP contribution in [0.1, 0.15) is 12.5 Å². The standard InChI is InChI=1S/C16H14BrN3O5/c1-10(24-14-7-5-12(17)6-8-14)16(21)25-19-15(18)11-3-2-4-13(9-11)20(22)23/h2-10H,1H3,(H2,18,19)/t10-/m1/s1. The Morgan fingerprint density at radius 1 is 1.28 bits per heavy atom. The minimum absolute atomic E-state index is 0.145. The van der Waals surface area contributed by atoms with Gasteiger partial charge in [-0.15, -0.1) is 0 Å². The normalized spacial score (nSPS) is 12.3. The fraction of sp³-hybridized carbons (Fsp3) is 0.125. The van der Waals surface area contributed by atoms with Gasteiger partial charge in [0.25, 0.3) is 5.69 Å². The molecule has 8 nitrogen and oxygen atoms in total. The summed E-state index contributed by atoms with van der Waals surface area (Å²) in [6.45, 7) is 1.50. The predicted octanol–water partition coefficient (Wildman–Crippen LogP) is 2.99. The molecule has 2 rings (SSSR count). The van der Waals surface area contributed by atoms with E-state index in [0.29, 0.717) is 5.75 Å². The molecule has 0 spiro atoms. The Hall–Kier alpha value is -2.94. The van der Waals surface area contributed by atoms with Crippen LogP contribution in [0.3, 0.4) is 0 Å². The summed E-state index contributed by atoms with van der Waals surface area (Å²) in [7, 11) is 0. The fourth-order valence-electron chi connectivity index (χ4n) is 1.77. The molecule has 2 aromatic rings. The third-order valence-electron chi connectivity index (χ3n) is 3.05. The van der Waals surface area contributed by atoms with Crippen LogP contribution in [0.15, 0.2) is 58.2 Å². The molecular weight excluding hydrogens is 394 g/mol. The summed E-state index contributed by atoms with van der Waals surface area (Å²) in [5.74, 6) is -0.424. The van der Waals surface area contributed by atoms with Crippen LogP contribution in [-0.2, 0) is 9.63 Å². The van der Waals surface area contributed by atoms with Gasteiger partial charge in [0.1, 0.15) is 5.75 Å². The van der Waals surface area contributed by atoms with E-state index in [0.717, 1.165) is 4.47 Å². The summed E-state index contributed by atoms with van der Waals surface area (Å²) in [5.41, 5.74) is 5.81. The monoisotopic (exact) mass is 407 g/mol. The van der Waals surface area contributed by atoms with Crippen molar-refractivity contribution in [2.75, 3.05) is 0 Å². The molecule has 2 N–H and O–H groups in total. The van der Waals surface area contributed by atoms with Gasteiger partial charge in [-0.1, -0.05) is 33.2 Å². The van der Waals surface area contributed by atoms with Crippen molar-refractivity contribution in [2.24, 2.45) is 10.9 Å². The average Bonchev–Trinajstić information content (AvgIpc) is 2.61. The number of non-ortho nitro benzene ring substituents is 1. The highest BCUT2D eigenvalue weighted by Crippen LogP contribution is 2.17. The van der Waals surface area contributed by atoms with Gasteiger partial charge in [-0.2, -0.15) is 0 Å². The lowest BCUT2D eigenvalue weighted by Crippen LogP contribution is -2.26. The lowest BCUT2D eigenvalue weighted by Gasteiger charge is -2.11. The summed E-state index contributed by atoms with van der Waals surface area (Å²) in [6.07, 6.45) is -0.914. The average molecular weight is 408 g/mol. The summed E-state index contributed by atoms with van der Waals surface area (Å²) in [4.78, 5) is 26.8. The molecule has 0 unspecified atom stereocenters. The molecule has 9 heteroatoms. The van der Waals surface area contributed by atoms with Gasteiger partial charge in [0.15, 0.2) is 11.9 Å². The van der Waals surface area contributed by atoms with E-state index >= 15 is 0 Å². The van der Waals surface area contributed by atoms with E-state index in [4.69, 9.17) is 15.3 Å². The summed E-state index contributed by atoms with van der Waals surface area (Å²) in [5, 5.41) is 14.3. The third kappa shape index (κ3) is 5.28. The second-order valence-corrected chi connectivity index (χ2v) is 5.82. The lowest BCUT2D eigenvalue weighted by atomic mass is 10.2. The van der Waals surface area contributed by atoms with Crippen molar-refractivity contribution in [3.63, 3.8) is 0 Å². The topological polar surface area (TPSA) is 117 Å². The van der Waals surface area contributed by atoms with Gasteiger partial charge in [-0.3, -0.25) is 10.1 Å². The number of halogens is 1. The second kappa shape index (κ2) is 8.25. The Bertz CT molecular complexity index is 808. The Balaban J connectivity index is 1.99. The minimum Gasteiger partial charge on any atom is -0.479 e. The summed E-state index contributed by atoms with van der Waals surface area (Å²) >= 11 is 3.30. The first-order chi connectivity index (χ1) is 11.9. The molecule has 130 valence electrons.